The van der Waals surface area contributed by atoms with E-state index in [-0.39, 0.29) is 17.2 Å². The minimum atomic E-state index is -1.11. The highest BCUT2D eigenvalue weighted by atomic mass is 79.9. The summed E-state index contributed by atoms with van der Waals surface area (Å²) < 4.78 is 0.630. The van der Waals surface area contributed by atoms with Crippen LogP contribution in [0.1, 0.15) is 26.3 Å². The summed E-state index contributed by atoms with van der Waals surface area (Å²) in [6, 6.07) is 11.5. The molecule has 2 aromatic rings. The molecule has 21 heavy (non-hydrogen) atoms. The topological polar surface area (TPSA) is 92.4 Å². The molecule has 1 amide bonds. The van der Waals surface area contributed by atoms with Gasteiger partial charge in [0, 0.05) is 16.6 Å². The molecule has 0 saturated heterocycles. The van der Waals surface area contributed by atoms with Crippen LogP contribution in [0, 0.1) is 0 Å². The van der Waals surface area contributed by atoms with Crippen LogP contribution in [-0.4, -0.2) is 17.0 Å². The van der Waals surface area contributed by atoms with Gasteiger partial charge in [-0.25, -0.2) is 4.79 Å². The van der Waals surface area contributed by atoms with Crippen LogP contribution in [0.25, 0.3) is 0 Å². The summed E-state index contributed by atoms with van der Waals surface area (Å²) in [7, 11) is 0. The number of nitrogens with two attached hydrogens (primary N) is 1. The lowest BCUT2D eigenvalue weighted by atomic mass is 10.1. The quantitative estimate of drug-likeness (QED) is 0.791. The number of halogens is 1. The standard InChI is InChI=1S/C15H13BrN2O3/c16-11-5-6-13(12(7-11)15(20)21)18-14(19)10-3-1-9(8-17)2-4-10/h1-7H,8,17H2,(H,18,19)(H,20,21). The molecule has 0 fully saturated rings. The number of carbonyl (C=O) groups is 2. The molecule has 0 radical (unpaired) electrons. The number of hydrogen-bond acceptors (Lipinski definition) is 3. The fourth-order valence-corrected chi connectivity index (χ4v) is 2.15. The van der Waals surface area contributed by atoms with Crippen LogP contribution in [0.2, 0.25) is 0 Å². The molecular formula is C15H13BrN2O3. The molecule has 0 unspecified atom stereocenters. The van der Waals surface area contributed by atoms with Crippen LogP contribution >= 0.6 is 15.9 Å². The van der Waals surface area contributed by atoms with Gasteiger partial charge in [-0.3, -0.25) is 4.79 Å². The molecule has 0 aliphatic rings. The number of carboxylic acids is 1. The van der Waals surface area contributed by atoms with Gasteiger partial charge in [0.05, 0.1) is 11.3 Å². The molecule has 0 atom stereocenters. The molecular weight excluding hydrogens is 336 g/mol. The molecule has 108 valence electrons. The number of benzene rings is 2. The number of nitrogens with one attached hydrogen (secondary N) is 1. The Balaban J connectivity index is 2.24. The third-order valence-electron chi connectivity index (χ3n) is 2.91. The molecule has 0 aromatic heterocycles. The van der Waals surface area contributed by atoms with Crippen molar-refractivity contribution in [3.63, 3.8) is 0 Å². The first-order valence-electron chi connectivity index (χ1n) is 6.14. The van der Waals surface area contributed by atoms with Gasteiger partial charge in [0.2, 0.25) is 0 Å². The van der Waals surface area contributed by atoms with E-state index in [0.717, 1.165) is 5.56 Å². The Morgan fingerprint density at radius 2 is 1.81 bits per heavy atom. The van der Waals surface area contributed by atoms with E-state index in [1.165, 1.54) is 6.07 Å². The third kappa shape index (κ3) is 3.68. The fourth-order valence-electron chi connectivity index (χ4n) is 1.79. The first-order chi connectivity index (χ1) is 10.0. The lowest BCUT2D eigenvalue weighted by Crippen LogP contribution is -2.15. The van der Waals surface area contributed by atoms with Crippen molar-refractivity contribution in [2.45, 2.75) is 6.54 Å². The Bertz CT molecular complexity index is 684. The Hall–Kier alpha value is -2.18. The first-order valence-corrected chi connectivity index (χ1v) is 6.94. The molecule has 0 spiro atoms. The minimum absolute atomic E-state index is 0.0244. The maximum Gasteiger partial charge on any atom is 0.337 e. The summed E-state index contributed by atoms with van der Waals surface area (Å²) in [6.07, 6.45) is 0. The van der Waals surface area contributed by atoms with Crippen molar-refractivity contribution in [1.29, 1.82) is 0 Å². The maximum absolute atomic E-state index is 12.1. The molecule has 5 nitrogen and oxygen atoms in total. The highest BCUT2D eigenvalue weighted by molar-refractivity contribution is 9.10. The van der Waals surface area contributed by atoms with Crippen molar-refractivity contribution in [3.05, 3.63) is 63.6 Å². The van der Waals surface area contributed by atoms with Gasteiger partial charge in [-0.15, -0.1) is 0 Å². The maximum atomic E-state index is 12.1. The fraction of sp³-hybridized carbons (Fsp3) is 0.0667. The molecule has 0 heterocycles. The van der Waals surface area contributed by atoms with Crippen molar-refractivity contribution in [3.8, 4) is 0 Å². The second-order valence-corrected chi connectivity index (χ2v) is 5.27. The van der Waals surface area contributed by atoms with Gasteiger partial charge in [-0.2, -0.15) is 0 Å². The molecule has 0 aliphatic carbocycles. The van der Waals surface area contributed by atoms with E-state index in [1.807, 2.05) is 0 Å². The smallest absolute Gasteiger partial charge is 0.337 e. The number of rotatable bonds is 4. The van der Waals surface area contributed by atoms with E-state index < -0.39 is 5.97 Å². The van der Waals surface area contributed by atoms with Gasteiger partial charge in [0.15, 0.2) is 0 Å². The van der Waals surface area contributed by atoms with Crippen LogP contribution in [0.4, 0.5) is 5.69 Å². The van der Waals surface area contributed by atoms with Crippen LogP contribution in [0.3, 0.4) is 0 Å². The van der Waals surface area contributed by atoms with Gasteiger partial charge >= 0.3 is 5.97 Å². The largest absolute Gasteiger partial charge is 0.478 e. The van der Waals surface area contributed by atoms with Crippen molar-refractivity contribution < 1.29 is 14.7 Å². The summed E-state index contributed by atoms with van der Waals surface area (Å²) in [5.41, 5.74) is 7.12. The second-order valence-electron chi connectivity index (χ2n) is 4.35. The molecule has 2 aromatic carbocycles. The Morgan fingerprint density at radius 3 is 2.38 bits per heavy atom. The third-order valence-corrected chi connectivity index (χ3v) is 3.41. The molecule has 0 bridgehead atoms. The minimum Gasteiger partial charge on any atom is -0.478 e. The normalized spacial score (nSPS) is 10.2. The molecule has 4 N–H and O–H groups in total. The van der Waals surface area contributed by atoms with E-state index in [0.29, 0.717) is 16.6 Å². The van der Waals surface area contributed by atoms with E-state index in [1.54, 1.807) is 36.4 Å². The lowest BCUT2D eigenvalue weighted by Gasteiger charge is -2.09. The number of carboxylic acid groups (broad SMARTS) is 1. The highest BCUT2D eigenvalue weighted by Crippen LogP contribution is 2.22. The SMILES string of the molecule is NCc1ccc(C(=O)Nc2ccc(Br)cc2C(=O)O)cc1. The van der Waals surface area contributed by atoms with E-state index in [2.05, 4.69) is 21.2 Å². The van der Waals surface area contributed by atoms with E-state index >= 15 is 0 Å². The number of carbonyl (C=O) groups excluding carboxylic acids is 1. The van der Waals surface area contributed by atoms with Crippen molar-refractivity contribution in [2.24, 2.45) is 5.73 Å². The lowest BCUT2D eigenvalue weighted by molar-refractivity contribution is 0.0698. The number of aromatic carboxylic acids is 1. The summed E-state index contributed by atoms with van der Waals surface area (Å²) in [6.45, 7) is 0.401. The average molecular weight is 349 g/mol. The average Bonchev–Trinajstić information content (AvgIpc) is 2.49. The van der Waals surface area contributed by atoms with E-state index in [4.69, 9.17) is 10.8 Å². The van der Waals surface area contributed by atoms with Gasteiger partial charge in [0.1, 0.15) is 0 Å². The number of anilines is 1. The van der Waals surface area contributed by atoms with Crippen molar-refractivity contribution in [1.82, 2.24) is 0 Å². The van der Waals surface area contributed by atoms with Crippen molar-refractivity contribution in [2.75, 3.05) is 5.32 Å². The van der Waals surface area contributed by atoms with Gasteiger partial charge < -0.3 is 16.2 Å². The summed E-state index contributed by atoms with van der Waals surface area (Å²) in [4.78, 5) is 23.3. The molecule has 2 rings (SSSR count). The molecule has 6 heteroatoms. The highest BCUT2D eigenvalue weighted by Gasteiger charge is 2.14. The number of amides is 1. The first kappa shape index (κ1) is 15.2. The predicted molar refractivity (Wildman–Crippen MR) is 83.4 cm³/mol. The van der Waals surface area contributed by atoms with E-state index in [9.17, 15) is 9.59 Å². The summed E-state index contributed by atoms with van der Waals surface area (Å²) >= 11 is 3.20. The zero-order chi connectivity index (χ0) is 15.4. The van der Waals surface area contributed by atoms with Crippen LogP contribution < -0.4 is 11.1 Å². The van der Waals surface area contributed by atoms with Crippen LogP contribution in [-0.2, 0) is 6.54 Å². The monoisotopic (exact) mass is 348 g/mol. The Labute approximate surface area is 129 Å². The van der Waals surface area contributed by atoms with Crippen LogP contribution in [0.15, 0.2) is 46.9 Å². The predicted octanol–water partition coefficient (Wildman–Crippen LogP) is 2.86. The second kappa shape index (κ2) is 6.51. The summed E-state index contributed by atoms with van der Waals surface area (Å²) in [5.74, 6) is -1.48. The van der Waals surface area contributed by atoms with Gasteiger partial charge in [-0.05, 0) is 35.9 Å². The van der Waals surface area contributed by atoms with Crippen molar-refractivity contribution >= 4 is 33.5 Å². The molecule has 0 aliphatic heterocycles. The Kier molecular flexibility index (Phi) is 4.72. The Morgan fingerprint density at radius 1 is 1.14 bits per heavy atom. The van der Waals surface area contributed by atoms with Gasteiger partial charge in [-0.1, -0.05) is 28.1 Å². The van der Waals surface area contributed by atoms with Crippen LogP contribution in [0.5, 0.6) is 0 Å². The summed E-state index contributed by atoms with van der Waals surface area (Å²) in [5, 5.41) is 11.8. The number of hydrogen-bond donors (Lipinski definition) is 3. The zero-order valence-electron chi connectivity index (χ0n) is 11.0. The van der Waals surface area contributed by atoms with Gasteiger partial charge in [0.25, 0.3) is 5.91 Å². The molecule has 0 saturated carbocycles. The zero-order valence-corrected chi connectivity index (χ0v) is 12.6.